The minimum Gasteiger partial charge on any atom is -0.504 e. The SMILES string of the molecule is CCOc1cccc(/C=C2\NC(=S)NC2=O)c1O. The lowest BCUT2D eigenvalue weighted by Gasteiger charge is -2.07. The molecule has 3 N–H and O–H groups in total. The summed E-state index contributed by atoms with van der Waals surface area (Å²) in [6.07, 6.45) is 1.52. The van der Waals surface area contributed by atoms with E-state index < -0.39 is 0 Å². The quantitative estimate of drug-likeness (QED) is 0.564. The van der Waals surface area contributed by atoms with Crippen LogP contribution in [0.4, 0.5) is 0 Å². The molecule has 0 atom stereocenters. The maximum Gasteiger partial charge on any atom is 0.273 e. The van der Waals surface area contributed by atoms with Crippen molar-refractivity contribution in [3.8, 4) is 11.5 Å². The molecule has 0 saturated carbocycles. The maximum absolute atomic E-state index is 11.5. The van der Waals surface area contributed by atoms with Gasteiger partial charge in [0.25, 0.3) is 5.91 Å². The predicted molar refractivity (Wildman–Crippen MR) is 71.1 cm³/mol. The Morgan fingerprint density at radius 3 is 2.83 bits per heavy atom. The summed E-state index contributed by atoms with van der Waals surface area (Å²) in [7, 11) is 0. The van der Waals surface area contributed by atoms with Gasteiger partial charge in [-0.25, -0.2) is 0 Å². The van der Waals surface area contributed by atoms with Crippen LogP contribution >= 0.6 is 12.2 Å². The van der Waals surface area contributed by atoms with Crippen LogP contribution in [0.1, 0.15) is 12.5 Å². The minimum absolute atomic E-state index is 0.000677. The zero-order valence-electron chi connectivity index (χ0n) is 9.69. The van der Waals surface area contributed by atoms with E-state index in [0.29, 0.717) is 23.6 Å². The van der Waals surface area contributed by atoms with Crippen LogP contribution in [0, 0.1) is 0 Å². The van der Waals surface area contributed by atoms with Crippen molar-refractivity contribution in [1.29, 1.82) is 0 Å². The molecule has 0 unspecified atom stereocenters. The molecule has 0 spiro atoms. The summed E-state index contributed by atoms with van der Waals surface area (Å²) in [4.78, 5) is 11.5. The number of para-hydroxylation sites is 1. The maximum atomic E-state index is 11.5. The predicted octanol–water partition coefficient (Wildman–Crippen LogP) is 1.14. The molecule has 1 aliphatic heterocycles. The molecule has 6 heteroatoms. The van der Waals surface area contributed by atoms with Gasteiger partial charge in [0.1, 0.15) is 5.70 Å². The molecular weight excluding hydrogens is 252 g/mol. The van der Waals surface area contributed by atoms with E-state index in [1.807, 2.05) is 6.92 Å². The van der Waals surface area contributed by atoms with Gasteiger partial charge < -0.3 is 15.2 Å². The highest BCUT2D eigenvalue weighted by Gasteiger charge is 2.20. The fourth-order valence-corrected chi connectivity index (χ4v) is 1.77. The summed E-state index contributed by atoms with van der Waals surface area (Å²) in [6.45, 7) is 2.28. The van der Waals surface area contributed by atoms with Gasteiger partial charge in [0.15, 0.2) is 16.6 Å². The molecule has 5 nitrogen and oxygen atoms in total. The summed E-state index contributed by atoms with van der Waals surface area (Å²) in [5.74, 6) is 0.0633. The molecule has 1 fully saturated rings. The van der Waals surface area contributed by atoms with Crippen molar-refractivity contribution >= 4 is 29.3 Å². The molecule has 1 aromatic carbocycles. The summed E-state index contributed by atoms with van der Waals surface area (Å²) >= 11 is 4.82. The Bertz CT molecular complexity index is 540. The number of nitrogens with one attached hydrogen (secondary N) is 2. The third kappa shape index (κ3) is 2.43. The molecular formula is C12H12N2O3S. The first kappa shape index (κ1) is 12.4. The van der Waals surface area contributed by atoms with Crippen molar-refractivity contribution in [3.05, 3.63) is 29.5 Å². The van der Waals surface area contributed by atoms with Gasteiger partial charge in [-0.1, -0.05) is 12.1 Å². The topological polar surface area (TPSA) is 70.6 Å². The summed E-state index contributed by atoms with van der Waals surface area (Å²) in [6, 6.07) is 5.08. The Hall–Kier alpha value is -2.08. The van der Waals surface area contributed by atoms with Crippen molar-refractivity contribution in [2.24, 2.45) is 0 Å². The Labute approximate surface area is 109 Å². The van der Waals surface area contributed by atoms with E-state index >= 15 is 0 Å². The Kier molecular flexibility index (Phi) is 3.47. The number of hydrogen-bond acceptors (Lipinski definition) is 4. The number of rotatable bonds is 3. The average molecular weight is 264 g/mol. The number of carbonyl (C=O) groups is 1. The van der Waals surface area contributed by atoms with Crippen LogP contribution in [0.15, 0.2) is 23.9 Å². The number of amides is 1. The zero-order chi connectivity index (χ0) is 13.1. The zero-order valence-corrected chi connectivity index (χ0v) is 10.5. The summed E-state index contributed by atoms with van der Waals surface area (Å²) in [5.41, 5.74) is 0.784. The van der Waals surface area contributed by atoms with Crippen molar-refractivity contribution in [1.82, 2.24) is 10.6 Å². The van der Waals surface area contributed by atoms with Crippen LogP contribution in [0.5, 0.6) is 11.5 Å². The summed E-state index contributed by atoms with van der Waals surface area (Å²) < 4.78 is 5.26. The van der Waals surface area contributed by atoms with Gasteiger partial charge in [-0.15, -0.1) is 0 Å². The molecule has 94 valence electrons. The molecule has 0 radical (unpaired) electrons. The molecule has 1 aliphatic rings. The monoisotopic (exact) mass is 264 g/mol. The molecule has 0 aliphatic carbocycles. The number of carbonyl (C=O) groups excluding carboxylic acids is 1. The number of hydrogen-bond donors (Lipinski definition) is 3. The van der Waals surface area contributed by atoms with Gasteiger partial charge in [0.2, 0.25) is 0 Å². The smallest absolute Gasteiger partial charge is 0.273 e. The lowest BCUT2D eigenvalue weighted by molar-refractivity contribution is -0.115. The standard InChI is InChI=1S/C12H12N2O3S/c1-2-17-9-5-3-4-7(10(9)15)6-8-11(16)14-12(18)13-8/h3-6,15H,2H2,1H3,(H2,13,14,16,18)/b8-6-. The second-order valence-electron chi connectivity index (χ2n) is 3.59. The Morgan fingerprint density at radius 1 is 1.44 bits per heavy atom. The van der Waals surface area contributed by atoms with Gasteiger partial charge in [-0.2, -0.15) is 0 Å². The molecule has 2 rings (SSSR count). The Morgan fingerprint density at radius 2 is 2.22 bits per heavy atom. The number of phenolic OH excluding ortho intramolecular Hbond substituents is 1. The van der Waals surface area contributed by atoms with Gasteiger partial charge >= 0.3 is 0 Å². The van der Waals surface area contributed by atoms with E-state index in [4.69, 9.17) is 17.0 Å². The lowest BCUT2D eigenvalue weighted by Crippen LogP contribution is -2.21. The van der Waals surface area contributed by atoms with Crippen LogP contribution in [-0.2, 0) is 4.79 Å². The molecule has 1 saturated heterocycles. The molecule has 0 bridgehead atoms. The normalized spacial score (nSPS) is 16.6. The number of phenols is 1. The molecule has 1 amide bonds. The molecule has 1 aromatic rings. The Balaban J connectivity index is 2.35. The van der Waals surface area contributed by atoms with Crippen LogP contribution in [-0.4, -0.2) is 22.7 Å². The van der Waals surface area contributed by atoms with Gasteiger partial charge in [0.05, 0.1) is 6.61 Å². The third-order valence-corrected chi connectivity index (χ3v) is 2.55. The highest BCUT2D eigenvalue weighted by Crippen LogP contribution is 2.31. The second-order valence-corrected chi connectivity index (χ2v) is 4.00. The fraction of sp³-hybridized carbons (Fsp3) is 0.167. The van der Waals surface area contributed by atoms with E-state index in [0.717, 1.165) is 0 Å². The molecule has 1 heterocycles. The van der Waals surface area contributed by atoms with Crippen LogP contribution < -0.4 is 15.4 Å². The largest absolute Gasteiger partial charge is 0.504 e. The van der Waals surface area contributed by atoms with Gasteiger partial charge in [-0.3, -0.25) is 10.1 Å². The van der Waals surface area contributed by atoms with Crippen LogP contribution in [0.2, 0.25) is 0 Å². The minimum atomic E-state index is -0.318. The first-order valence-corrected chi connectivity index (χ1v) is 5.81. The first-order chi connectivity index (χ1) is 8.61. The van der Waals surface area contributed by atoms with Crippen LogP contribution in [0.25, 0.3) is 6.08 Å². The highest BCUT2D eigenvalue weighted by atomic mass is 32.1. The van der Waals surface area contributed by atoms with Crippen molar-refractivity contribution in [3.63, 3.8) is 0 Å². The second kappa shape index (κ2) is 5.05. The van der Waals surface area contributed by atoms with Crippen molar-refractivity contribution < 1.29 is 14.6 Å². The fourth-order valence-electron chi connectivity index (χ4n) is 1.57. The van der Waals surface area contributed by atoms with Crippen molar-refractivity contribution in [2.45, 2.75) is 6.92 Å². The number of ether oxygens (including phenoxy) is 1. The van der Waals surface area contributed by atoms with E-state index in [9.17, 15) is 9.90 Å². The summed E-state index contributed by atoms with van der Waals surface area (Å²) in [5, 5.41) is 15.4. The van der Waals surface area contributed by atoms with Gasteiger partial charge in [0, 0.05) is 5.56 Å². The van der Waals surface area contributed by atoms with E-state index in [2.05, 4.69) is 10.6 Å². The average Bonchev–Trinajstić information content (AvgIpc) is 2.63. The molecule has 18 heavy (non-hydrogen) atoms. The first-order valence-electron chi connectivity index (χ1n) is 5.40. The van der Waals surface area contributed by atoms with E-state index in [1.54, 1.807) is 18.2 Å². The number of benzene rings is 1. The lowest BCUT2D eigenvalue weighted by atomic mass is 10.1. The molecule has 0 aromatic heterocycles. The van der Waals surface area contributed by atoms with Crippen molar-refractivity contribution in [2.75, 3.05) is 6.61 Å². The number of thiocarbonyl (C=S) groups is 1. The third-order valence-electron chi connectivity index (χ3n) is 2.35. The van der Waals surface area contributed by atoms with Gasteiger partial charge in [-0.05, 0) is 31.3 Å². The van der Waals surface area contributed by atoms with Crippen LogP contribution in [0.3, 0.4) is 0 Å². The van der Waals surface area contributed by atoms with E-state index in [1.165, 1.54) is 6.08 Å². The highest BCUT2D eigenvalue weighted by molar-refractivity contribution is 7.80. The van der Waals surface area contributed by atoms with E-state index in [-0.39, 0.29) is 16.8 Å². The number of aromatic hydroxyl groups is 1.